The molecule has 6 heteroatoms. The maximum atomic E-state index is 12.4. The monoisotopic (exact) mass is 413 g/mol. The Bertz CT molecular complexity index is 954. The molecule has 0 aliphatic heterocycles. The molecule has 1 N–H and O–H groups in total. The SMILES string of the molecule is COC(=O)COc1ccc(C(=O)Nc2ccc3cc(Br)ccc3c2)cc1. The fourth-order valence-electron chi connectivity index (χ4n) is 2.40. The average Bonchev–Trinajstić information content (AvgIpc) is 2.66. The second-order valence-corrected chi connectivity index (χ2v) is 6.47. The third kappa shape index (κ3) is 4.40. The number of hydrogen-bond donors (Lipinski definition) is 1. The molecule has 0 aliphatic rings. The normalized spacial score (nSPS) is 10.4. The van der Waals surface area contributed by atoms with Crippen LogP contribution in [0.2, 0.25) is 0 Å². The summed E-state index contributed by atoms with van der Waals surface area (Å²) in [6.45, 7) is -0.171. The van der Waals surface area contributed by atoms with Crippen LogP contribution in [0.3, 0.4) is 0 Å². The molecule has 0 aliphatic carbocycles. The zero-order chi connectivity index (χ0) is 18.5. The van der Waals surface area contributed by atoms with Gasteiger partial charge in [-0.25, -0.2) is 4.79 Å². The first-order chi connectivity index (χ1) is 12.5. The lowest BCUT2D eigenvalue weighted by Crippen LogP contribution is -2.13. The lowest BCUT2D eigenvalue weighted by atomic mass is 10.1. The van der Waals surface area contributed by atoms with Gasteiger partial charge in [0.1, 0.15) is 5.75 Å². The van der Waals surface area contributed by atoms with E-state index in [0.717, 1.165) is 20.9 Å². The minimum absolute atomic E-state index is 0.171. The molecule has 3 aromatic rings. The number of halogens is 1. The van der Waals surface area contributed by atoms with E-state index in [-0.39, 0.29) is 12.5 Å². The van der Waals surface area contributed by atoms with E-state index in [9.17, 15) is 9.59 Å². The van der Waals surface area contributed by atoms with Gasteiger partial charge in [-0.2, -0.15) is 0 Å². The fraction of sp³-hybridized carbons (Fsp3) is 0.100. The maximum absolute atomic E-state index is 12.4. The quantitative estimate of drug-likeness (QED) is 0.629. The topological polar surface area (TPSA) is 64.6 Å². The van der Waals surface area contributed by atoms with Crippen molar-refractivity contribution in [3.63, 3.8) is 0 Å². The van der Waals surface area contributed by atoms with E-state index in [1.54, 1.807) is 24.3 Å². The number of nitrogens with one attached hydrogen (secondary N) is 1. The van der Waals surface area contributed by atoms with E-state index in [1.807, 2.05) is 36.4 Å². The zero-order valence-electron chi connectivity index (χ0n) is 14.0. The summed E-state index contributed by atoms with van der Waals surface area (Å²) in [5.41, 5.74) is 1.21. The Morgan fingerprint density at radius 3 is 2.38 bits per heavy atom. The summed E-state index contributed by atoms with van der Waals surface area (Å²) < 4.78 is 10.8. The van der Waals surface area contributed by atoms with Crippen LogP contribution in [0.15, 0.2) is 65.1 Å². The van der Waals surface area contributed by atoms with E-state index in [2.05, 4.69) is 26.0 Å². The van der Waals surface area contributed by atoms with Gasteiger partial charge in [0.15, 0.2) is 6.61 Å². The summed E-state index contributed by atoms with van der Waals surface area (Å²) in [5.74, 6) is -0.195. The summed E-state index contributed by atoms with van der Waals surface area (Å²) in [4.78, 5) is 23.5. The van der Waals surface area contributed by atoms with Crippen molar-refractivity contribution in [2.24, 2.45) is 0 Å². The Morgan fingerprint density at radius 1 is 0.962 bits per heavy atom. The molecule has 0 radical (unpaired) electrons. The van der Waals surface area contributed by atoms with Crippen LogP contribution in [0.25, 0.3) is 10.8 Å². The number of carbonyl (C=O) groups excluding carboxylic acids is 2. The number of rotatable bonds is 5. The van der Waals surface area contributed by atoms with Crippen LogP contribution < -0.4 is 10.1 Å². The summed E-state index contributed by atoms with van der Waals surface area (Å²) in [6.07, 6.45) is 0. The Hall–Kier alpha value is -2.86. The first-order valence-electron chi connectivity index (χ1n) is 7.85. The smallest absolute Gasteiger partial charge is 0.343 e. The van der Waals surface area contributed by atoms with Crippen LogP contribution in [0.1, 0.15) is 10.4 Å². The third-order valence-corrected chi connectivity index (χ3v) is 4.25. The average molecular weight is 414 g/mol. The highest BCUT2D eigenvalue weighted by atomic mass is 79.9. The predicted octanol–water partition coefficient (Wildman–Crippen LogP) is 4.41. The molecular formula is C20H16BrNO4. The molecule has 5 nitrogen and oxygen atoms in total. The number of anilines is 1. The number of carbonyl (C=O) groups is 2. The van der Waals surface area contributed by atoms with Crippen LogP contribution >= 0.6 is 15.9 Å². The number of fused-ring (bicyclic) bond motifs is 1. The summed E-state index contributed by atoms with van der Waals surface area (Å²) >= 11 is 3.45. The highest BCUT2D eigenvalue weighted by Gasteiger charge is 2.08. The largest absolute Gasteiger partial charge is 0.482 e. The second kappa shape index (κ2) is 8.01. The van der Waals surface area contributed by atoms with Gasteiger partial charge >= 0.3 is 5.97 Å². The van der Waals surface area contributed by atoms with Crippen molar-refractivity contribution in [1.82, 2.24) is 0 Å². The number of methoxy groups -OCH3 is 1. The van der Waals surface area contributed by atoms with Crippen molar-refractivity contribution in [3.8, 4) is 5.75 Å². The van der Waals surface area contributed by atoms with Gasteiger partial charge in [0.25, 0.3) is 5.91 Å². The molecule has 3 aromatic carbocycles. The molecular weight excluding hydrogens is 398 g/mol. The highest BCUT2D eigenvalue weighted by molar-refractivity contribution is 9.10. The van der Waals surface area contributed by atoms with Gasteiger partial charge in [-0.3, -0.25) is 4.79 Å². The van der Waals surface area contributed by atoms with Crippen molar-refractivity contribution >= 4 is 44.3 Å². The Balaban J connectivity index is 1.67. The fourth-order valence-corrected chi connectivity index (χ4v) is 2.78. The Morgan fingerprint density at radius 2 is 1.65 bits per heavy atom. The zero-order valence-corrected chi connectivity index (χ0v) is 15.6. The van der Waals surface area contributed by atoms with Crippen molar-refractivity contribution in [1.29, 1.82) is 0 Å². The number of esters is 1. The first-order valence-corrected chi connectivity index (χ1v) is 8.65. The molecule has 0 bridgehead atoms. The molecule has 0 fully saturated rings. The minimum Gasteiger partial charge on any atom is -0.482 e. The summed E-state index contributed by atoms with van der Waals surface area (Å²) in [5, 5.41) is 5.01. The molecule has 0 spiro atoms. The summed E-state index contributed by atoms with van der Waals surface area (Å²) in [7, 11) is 1.30. The number of amides is 1. The number of benzene rings is 3. The van der Waals surface area contributed by atoms with Gasteiger partial charge in [-0.05, 0) is 59.3 Å². The van der Waals surface area contributed by atoms with E-state index in [1.165, 1.54) is 7.11 Å². The van der Waals surface area contributed by atoms with Crippen LogP contribution in [-0.2, 0) is 9.53 Å². The van der Waals surface area contributed by atoms with Gasteiger partial charge in [-0.15, -0.1) is 0 Å². The van der Waals surface area contributed by atoms with E-state index in [4.69, 9.17) is 4.74 Å². The lowest BCUT2D eigenvalue weighted by Gasteiger charge is -2.08. The van der Waals surface area contributed by atoms with Gasteiger partial charge in [0, 0.05) is 15.7 Å². The minimum atomic E-state index is -0.463. The molecule has 0 aromatic heterocycles. The standard InChI is InChI=1S/C20H16BrNO4/c1-25-19(23)12-26-18-8-4-13(5-9-18)20(24)22-17-7-3-14-10-16(21)6-2-15(14)11-17/h2-11H,12H2,1H3,(H,22,24). The molecule has 0 saturated heterocycles. The molecule has 26 heavy (non-hydrogen) atoms. The molecule has 1 amide bonds. The Kier molecular flexibility index (Phi) is 5.53. The van der Waals surface area contributed by atoms with Gasteiger partial charge in [-0.1, -0.05) is 28.1 Å². The molecule has 3 rings (SSSR count). The number of hydrogen-bond acceptors (Lipinski definition) is 4. The highest BCUT2D eigenvalue weighted by Crippen LogP contribution is 2.23. The van der Waals surface area contributed by atoms with Crippen LogP contribution in [0.5, 0.6) is 5.75 Å². The van der Waals surface area contributed by atoms with E-state index < -0.39 is 5.97 Å². The van der Waals surface area contributed by atoms with Gasteiger partial charge in [0.05, 0.1) is 7.11 Å². The van der Waals surface area contributed by atoms with Crippen molar-refractivity contribution < 1.29 is 19.1 Å². The first kappa shape index (κ1) is 17.9. The second-order valence-electron chi connectivity index (χ2n) is 5.55. The molecule has 0 heterocycles. The maximum Gasteiger partial charge on any atom is 0.343 e. The van der Waals surface area contributed by atoms with Crippen LogP contribution in [0, 0.1) is 0 Å². The van der Waals surface area contributed by atoms with Gasteiger partial charge in [0.2, 0.25) is 0 Å². The van der Waals surface area contributed by atoms with Crippen molar-refractivity contribution in [2.45, 2.75) is 0 Å². The van der Waals surface area contributed by atoms with Gasteiger partial charge < -0.3 is 14.8 Å². The van der Waals surface area contributed by atoms with Crippen molar-refractivity contribution in [2.75, 3.05) is 19.0 Å². The Labute approximate surface area is 159 Å². The van der Waals surface area contributed by atoms with E-state index in [0.29, 0.717) is 11.3 Å². The molecule has 0 saturated carbocycles. The molecule has 132 valence electrons. The third-order valence-electron chi connectivity index (χ3n) is 3.76. The van der Waals surface area contributed by atoms with Crippen LogP contribution in [0.4, 0.5) is 5.69 Å². The lowest BCUT2D eigenvalue weighted by molar-refractivity contribution is -0.142. The van der Waals surface area contributed by atoms with E-state index >= 15 is 0 Å². The summed E-state index contributed by atoms with van der Waals surface area (Å²) in [6, 6.07) is 18.3. The van der Waals surface area contributed by atoms with Crippen LogP contribution in [-0.4, -0.2) is 25.6 Å². The molecule has 0 unspecified atom stereocenters. The predicted molar refractivity (Wildman–Crippen MR) is 104 cm³/mol. The molecule has 0 atom stereocenters. The van der Waals surface area contributed by atoms with Crippen molar-refractivity contribution in [3.05, 3.63) is 70.7 Å². The number of ether oxygens (including phenoxy) is 2.